The molecule has 2 fully saturated rings. The minimum atomic E-state index is -0.771. The van der Waals surface area contributed by atoms with Crippen molar-refractivity contribution >= 4 is 35.8 Å². The third kappa shape index (κ3) is 7.89. The minimum absolute atomic E-state index is 0. The lowest BCUT2D eigenvalue weighted by Gasteiger charge is -2.36. The van der Waals surface area contributed by atoms with E-state index in [4.69, 9.17) is 9.47 Å². The van der Waals surface area contributed by atoms with Crippen molar-refractivity contribution in [3.63, 3.8) is 0 Å². The van der Waals surface area contributed by atoms with Crippen molar-refractivity contribution in [3.05, 3.63) is 23.8 Å². The second kappa shape index (κ2) is 13.8. The third-order valence-electron chi connectivity index (χ3n) is 6.00. The molecule has 1 amide bonds. The van der Waals surface area contributed by atoms with Crippen LogP contribution in [0.5, 0.6) is 11.5 Å². The van der Waals surface area contributed by atoms with Gasteiger partial charge in [-0.15, -0.1) is 24.0 Å². The molecule has 2 heterocycles. The van der Waals surface area contributed by atoms with Crippen molar-refractivity contribution in [1.29, 1.82) is 0 Å². The van der Waals surface area contributed by atoms with Crippen LogP contribution in [0.3, 0.4) is 0 Å². The average Bonchev–Trinajstić information content (AvgIpc) is 3.37. The highest BCUT2D eigenvalue weighted by Gasteiger charge is 2.24. The first-order valence-electron chi connectivity index (χ1n) is 11.5. The number of hydrogen-bond acceptors (Lipinski definition) is 6. The number of guanidine groups is 1. The summed E-state index contributed by atoms with van der Waals surface area (Å²) in [6, 6.07) is 5.37. The van der Waals surface area contributed by atoms with Gasteiger partial charge in [0.15, 0.2) is 5.96 Å². The van der Waals surface area contributed by atoms with Crippen molar-refractivity contribution in [2.75, 3.05) is 73.1 Å². The number of aliphatic imine (C=N–C) groups is 1. The van der Waals surface area contributed by atoms with E-state index in [-0.39, 0.29) is 36.4 Å². The predicted octanol–water partition coefficient (Wildman–Crippen LogP) is 1.56. The van der Waals surface area contributed by atoms with Crippen LogP contribution in [0, 0.1) is 0 Å². The fourth-order valence-corrected chi connectivity index (χ4v) is 4.10. The van der Waals surface area contributed by atoms with Crippen LogP contribution in [0.2, 0.25) is 0 Å². The van der Waals surface area contributed by atoms with Crippen LogP contribution in [-0.2, 0) is 4.79 Å². The van der Waals surface area contributed by atoms with Crippen LogP contribution in [0.25, 0.3) is 0 Å². The molecule has 186 valence electrons. The number of benzene rings is 1. The number of ether oxygens (including phenoxy) is 2. The van der Waals surface area contributed by atoms with Crippen LogP contribution in [-0.4, -0.2) is 105 Å². The second-order valence-electron chi connectivity index (χ2n) is 8.21. The fourth-order valence-electron chi connectivity index (χ4n) is 4.10. The number of aliphatic hydroxyl groups is 1. The highest BCUT2D eigenvalue weighted by molar-refractivity contribution is 14.0. The molecule has 0 aliphatic carbocycles. The Morgan fingerprint density at radius 2 is 1.64 bits per heavy atom. The lowest BCUT2D eigenvalue weighted by molar-refractivity contribution is -0.131. The molecule has 2 aliphatic heterocycles. The number of likely N-dealkylation sites (tertiary alicyclic amines) is 1. The zero-order chi connectivity index (χ0) is 22.9. The Hall–Kier alpha value is -1.79. The van der Waals surface area contributed by atoms with Gasteiger partial charge in [-0.05, 0) is 37.5 Å². The maximum Gasteiger partial charge on any atom is 0.236 e. The number of hydrogen-bond donors (Lipinski definition) is 2. The molecule has 1 aromatic rings. The number of aliphatic hydroxyl groups excluding tert-OH is 1. The largest absolute Gasteiger partial charge is 0.497 e. The molecule has 0 aromatic heterocycles. The minimum Gasteiger partial charge on any atom is -0.497 e. The van der Waals surface area contributed by atoms with Crippen LogP contribution < -0.4 is 14.8 Å². The van der Waals surface area contributed by atoms with Gasteiger partial charge >= 0.3 is 0 Å². The summed E-state index contributed by atoms with van der Waals surface area (Å²) in [5.74, 6) is 2.29. The summed E-state index contributed by atoms with van der Waals surface area (Å²) in [7, 11) is 3.18. The summed E-state index contributed by atoms with van der Waals surface area (Å²) in [5, 5.41) is 14.0. The van der Waals surface area contributed by atoms with Crippen molar-refractivity contribution in [1.82, 2.24) is 20.0 Å². The first-order valence-corrected chi connectivity index (χ1v) is 11.5. The summed E-state index contributed by atoms with van der Waals surface area (Å²) >= 11 is 0. The number of nitrogens with one attached hydrogen (secondary N) is 1. The van der Waals surface area contributed by atoms with E-state index >= 15 is 0 Å². The number of amides is 1. The Balaban J connectivity index is 0.00000385. The first-order chi connectivity index (χ1) is 15.5. The molecule has 1 atom stereocenters. The van der Waals surface area contributed by atoms with Crippen molar-refractivity contribution in [2.24, 2.45) is 4.99 Å². The Labute approximate surface area is 214 Å². The zero-order valence-electron chi connectivity index (χ0n) is 20.0. The van der Waals surface area contributed by atoms with Gasteiger partial charge in [0.2, 0.25) is 5.91 Å². The van der Waals surface area contributed by atoms with Crippen molar-refractivity contribution in [2.45, 2.75) is 25.9 Å². The summed E-state index contributed by atoms with van der Waals surface area (Å²) < 4.78 is 10.6. The Morgan fingerprint density at radius 1 is 1.03 bits per heavy atom. The quantitative estimate of drug-likeness (QED) is 0.277. The number of carbonyl (C=O) groups is 1. The fraction of sp³-hybridized carbons (Fsp3) is 0.652. The number of halogens is 1. The molecule has 1 aromatic carbocycles. The van der Waals surface area contributed by atoms with Gasteiger partial charge in [0.1, 0.15) is 11.5 Å². The molecule has 10 heteroatoms. The second-order valence-corrected chi connectivity index (χ2v) is 8.21. The monoisotopic (exact) mass is 575 g/mol. The van der Waals surface area contributed by atoms with E-state index in [0.29, 0.717) is 23.6 Å². The molecule has 1 unspecified atom stereocenters. The maximum atomic E-state index is 12.4. The first kappa shape index (κ1) is 27.5. The van der Waals surface area contributed by atoms with Crippen LogP contribution >= 0.6 is 24.0 Å². The number of rotatable bonds is 8. The molecule has 2 N–H and O–H groups in total. The Bertz CT molecular complexity index is 758. The molecule has 0 spiro atoms. The smallest absolute Gasteiger partial charge is 0.236 e. The van der Waals surface area contributed by atoms with E-state index in [2.05, 4.69) is 20.1 Å². The molecule has 0 bridgehead atoms. The molecule has 2 aliphatic rings. The van der Waals surface area contributed by atoms with E-state index in [0.717, 1.165) is 64.6 Å². The molecular formula is C23H38IN5O4. The summed E-state index contributed by atoms with van der Waals surface area (Å²) in [6.07, 6.45) is 1.47. The summed E-state index contributed by atoms with van der Waals surface area (Å²) in [5.41, 5.74) is 0.700. The molecule has 0 saturated carbocycles. The van der Waals surface area contributed by atoms with Gasteiger partial charge in [0.25, 0.3) is 0 Å². The van der Waals surface area contributed by atoms with Crippen LogP contribution in [0.15, 0.2) is 23.2 Å². The Morgan fingerprint density at radius 3 is 2.18 bits per heavy atom. The Kier molecular flexibility index (Phi) is 11.5. The van der Waals surface area contributed by atoms with Gasteiger partial charge in [0.05, 0.1) is 33.4 Å². The molecular weight excluding hydrogens is 537 g/mol. The number of nitrogens with zero attached hydrogens (tertiary/aromatic N) is 4. The highest BCUT2D eigenvalue weighted by Crippen LogP contribution is 2.26. The van der Waals surface area contributed by atoms with Gasteiger partial charge < -0.3 is 29.7 Å². The third-order valence-corrected chi connectivity index (χ3v) is 6.00. The highest BCUT2D eigenvalue weighted by atomic mass is 127. The van der Waals surface area contributed by atoms with E-state index in [1.165, 1.54) is 0 Å². The van der Waals surface area contributed by atoms with Crippen LogP contribution in [0.4, 0.5) is 0 Å². The van der Waals surface area contributed by atoms with E-state index in [1.54, 1.807) is 32.4 Å². The molecule has 33 heavy (non-hydrogen) atoms. The molecule has 2 saturated heterocycles. The van der Waals surface area contributed by atoms with Crippen molar-refractivity contribution < 1.29 is 19.4 Å². The van der Waals surface area contributed by atoms with Gasteiger partial charge in [-0.3, -0.25) is 14.7 Å². The topological polar surface area (TPSA) is 89.9 Å². The lowest BCUT2D eigenvalue weighted by Crippen LogP contribution is -2.54. The van der Waals surface area contributed by atoms with Crippen LogP contribution in [0.1, 0.15) is 31.4 Å². The van der Waals surface area contributed by atoms with Gasteiger partial charge in [0, 0.05) is 51.9 Å². The number of piperazine rings is 1. The summed E-state index contributed by atoms with van der Waals surface area (Å²) in [4.78, 5) is 23.5. The summed E-state index contributed by atoms with van der Waals surface area (Å²) in [6.45, 7) is 8.53. The van der Waals surface area contributed by atoms with E-state index in [1.807, 2.05) is 11.8 Å². The average molecular weight is 575 g/mol. The van der Waals surface area contributed by atoms with Gasteiger partial charge in [-0.1, -0.05) is 0 Å². The maximum absolute atomic E-state index is 12.4. The van der Waals surface area contributed by atoms with E-state index in [9.17, 15) is 9.90 Å². The SMILES string of the molecule is CCNC(=NCC(O)c1cc(OC)cc(OC)c1)N1CCN(CC(=O)N2CCCC2)CC1.I. The zero-order valence-corrected chi connectivity index (χ0v) is 22.3. The van der Waals surface area contributed by atoms with Gasteiger partial charge in [-0.25, -0.2) is 0 Å². The molecule has 3 rings (SSSR count). The molecule has 9 nitrogen and oxygen atoms in total. The van der Waals surface area contributed by atoms with E-state index < -0.39 is 6.10 Å². The van der Waals surface area contributed by atoms with Crippen molar-refractivity contribution in [3.8, 4) is 11.5 Å². The molecule has 0 radical (unpaired) electrons. The lowest BCUT2D eigenvalue weighted by atomic mass is 10.1. The standard InChI is InChI=1S/C23H37N5O4.HI/c1-4-24-23(25-16-21(29)18-13-19(31-2)15-20(14-18)32-3)28-11-9-26(10-12-28)17-22(30)27-7-5-6-8-27;/h13-15,21,29H,4-12,16-17H2,1-3H3,(H,24,25);1H. The number of carbonyl (C=O) groups excluding carboxylic acids is 1. The number of methoxy groups -OCH3 is 2. The predicted molar refractivity (Wildman–Crippen MR) is 140 cm³/mol. The normalized spacial score (nSPS) is 18.0. The van der Waals surface area contributed by atoms with Gasteiger partial charge in [-0.2, -0.15) is 0 Å².